The first-order valence-corrected chi connectivity index (χ1v) is 4.41. The lowest BCUT2D eigenvalue weighted by Gasteiger charge is -2.44. The van der Waals surface area contributed by atoms with Gasteiger partial charge in [0.05, 0.1) is 19.1 Å². The minimum Gasteiger partial charge on any atom is -0.345 e. The standard InChI is InChI=1S/C8H13N3O2/c1-10-3-6(4-10)11-5-7(12)9-2-8(11)13/h6H,2-5H2,1H3,(H,9,12). The van der Waals surface area contributed by atoms with E-state index in [9.17, 15) is 9.59 Å². The van der Waals surface area contributed by atoms with Gasteiger partial charge in [0.2, 0.25) is 11.8 Å². The van der Waals surface area contributed by atoms with Crippen LogP contribution in [0.5, 0.6) is 0 Å². The highest BCUT2D eigenvalue weighted by molar-refractivity contribution is 5.92. The average molecular weight is 183 g/mol. The number of hydrogen-bond donors (Lipinski definition) is 1. The Hall–Kier alpha value is -1.10. The Balaban J connectivity index is 1.96. The van der Waals surface area contributed by atoms with E-state index in [4.69, 9.17) is 0 Å². The highest BCUT2D eigenvalue weighted by Gasteiger charge is 2.35. The molecule has 2 amide bonds. The lowest BCUT2D eigenvalue weighted by molar-refractivity contribution is -0.145. The molecule has 0 aromatic carbocycles. The maximum Gasteiger partial charge on any atom is 0.242 e. The van der Waals surface area contributed by atoms with Crippen LogP contribution in [-0.4, -0.2) is 60.9 Å². The van der Waals surface area contributed by atoms with Crippen LogP contribution >= 0.6 is 0 Å². The van der Waals surface area contributed by atoms with Gasteiger partial charge in [0.1, 0.15) is 0 Å². The Morgan fingerprint density at radius 2 is 2.08 bits per heavy atom. The largest absolute Gasteiger partial charge is 0.345 e. The smallest absolute Gasteiger partial charge is 0.242 e. The average Bonchev–Trinajstić information content (AvgIpc) is 2.04. The molecule has 13 heavy (non-hydrogen) atoms. The molecule has 0 atom stereocenters. The molecule has 2 saturated heterocycles. The molecule has 2 rings (SSSR count). The first-order chi connectivity index (χ1) is 6.16. The van der Waals surface area contributed by atoms with Crippen LogP contribution in [0.2, 0.25) is 0 Å². The van der Waals surface area contributed by atoms with E-state index < -0.39 is 0 Å². The van der Waals surface area contributed by atoms with Gasteiger partial charge >= 0.3 is 0 Å². The van der Waals surface area contributed by atoms with Crippen LogP contribution in [0, 0.1) is 0 Å². The molecule has 5 nitrogen and oxygen atoms in total. The van der Waals surface area contributed by atoms with E-state index in [0.29, 0.717) is 0 Å². The molecule has 0 aliphatic carbocycles. The van der Waals surface area contributed by atoms with Gasteiger partial charge < -0.3 is 15.1 Å². The van der Waals surface area contributed by atoms with Gasteiger partial charge in [0.25, 0.3) is 0 Å². The summed E-state index contributed by atoms with van der Waals surface area (Å²) in [5.41, 5.74) is 0. The number of rotatable bonds is 1. The maximum absolute atomic E-state index is 11.4. The molecule has 0 spiro atoms. The molecule has 0 bridgehead atoms. The third kappa shape index (κ3) is 1.51. The first-order valence-electron chi connectivity index (χ1n) is 4.41. The van der Waals surface area contributed by atoms with Crippen LogP contribution < -0.4 is 5.32 Å². The summed E-state index contributed by atoms with van der Waals surface area (Å²) in [6, 6.07) is 0.253. The van der Waals surface area contributed by atoms with Crippen molar-refractivity contribution >= 4 is 11.8 Å². The number of hydrogen-bond acceptors (Lipinski definition) is 3. The predicted molar refractivity (Wildman–Crippen MR) is 46.0 cm³/mol. The molecule has 1 N–H and O–H groups in total. The van der Waals surface area contributed by atoms with E-state index in [2.05, 4.69) is 10.2 Å². The van der Waals surface area contributed by atoms with Gasteiger partial charge in [-0.3, -0.25) is 9.59 Å². The molecule has 0 aromatic heterocycles. The number of carbonyl (C=O) groups excluding carboxylic acids is 2. The summed E-state index contributed by atoms with van der Waals surface area (Å²) in [4.78, 5) is 26.2. The Morgan fingerprint density at radius 3 is 2.69 bits per heavy atom. The summed E-state index contributed by atoms with van der Waals surface area (Å²) in [7, 11) is 2.00. The third-order valence-electron chi connectivity index (χ3n) is 2.56. The van der Waals surface area contributed by atoms with E-state index in [0.717, 1.165) is 13.1 Å². The van der Waals surface area contributed by atoms with Gasteiger partial charge in [0, 0.05) is 13.1 Å². The number of carbonyl (C=O) groups is 2. The van der Waals surface area contributed by atoms with Crippen molar-refractivity contribution in [1.29, 1.82) is 0 Å². The molecule has 5 heteroatoms. The van der Waals surface area contributed by atoms with E-state index in [1.54, 1.807) is 4.90 Å². The van der Waals surface area contributed by atoms with Gasteiger partial charge in [-0.05, 0) is 7.05 Å². The Bertz CT molecular complexity index is 248. The van der Waals surface area contributed by atoms with Crippen molar-refractivity contribution in [3.8, 4) is 0 Å². The summed E-state index contributed by atoms with van der Waals surface area (Å²) in [6.45, 7) is 2.18. The van der Waals surface area contributed by atoms with Crippen molar-refractivity contribution in [3.05, 3.63) is 0 Å². The predicted octanol–water partition coefficient (Wildman–Crippen LogP) is -1.74. The highest BCUT2D eigenvalue weighted by Crippen LogP contribution is 2.13. The molecule has 0 radical (unpaired) electrons. The monoisotopic (exact) mass is 183 g/mol. The van der Waals surface area contributed by atoms with Crippen molar-refractivity contribution in [2.24, 2.45) is 0 Å². The van der Waals surface area contributed by atoms with Gasteiger partial charge in [-0.1, -0.05) is 0 Å². The zero-order valence-electron chi connectivity index (χ0n) is 7.62. The SMILES string of the molecule is CN1CC(N2CC(=O)NCC2=O)C1. The van der Waals surface area contributed by atoms with Gasteiger partial charge in [-0.15, -0.1) is 0 Å². The number of likely N-dealkylation sites (tertiary alicyclic amines) is 1. The van der Waals surface area contributed by atoms with E-state index in [1.807, 2.05) is 7.05 Å². The van der Waals surface area contributed by atoms with Crippen LogP contribution in [-0.2, 0) is 9.59 Å². The third-order valence-corrected chi connectivity index (χ3v) is 2.56. The Kier molecular flexibility index (Phi) is 1.95. The second-order valence-electron chi connectivity index (χ2n) is 3.67. The normalized spacial score (nSPS) is 25.8. The lowest BCUT2D eigenvalue weighted by atomic mass is 10.1. The zero-order chi connectivity index (χ0) is 9.42. The number of amides is 2. The minimum atomic E-state index is -0.0471. The Morgan fingerprint density at radius 1 is 1.38 bits per heavy atom. The van der Waals surface area contributed by atoms with E-state index in [1.165, 1.54) is 0 Å². The molecule has 2 heterocycles. The molecule has 0 unspecified atom stereocenters. The fraction of sp³-hybridized carbons (Fsp3) is 0.750. The molecule has 2 aliphatic rings. The van der Waals surface area contributed by atoms with Crippen molar-refractivity contribution in [2.75, 3.05) is 33.2 Å². The van der Waals surface area contributed by atoms with Crippen molar-refractivity contribution in [1.82, 2.24) is 15.1 Å². The molecule has 2 fully saturated rings. The maximum atomic E-state index is 11.4. The summed E-state index contributed by atoms with van der Waals surface area (Å²) in [5.74, 6) is -0.00754. The molecular formula is C8H13N3O2. The summed E-state index contributed by atoms with van der Waals surface area (Å²) < 4.78 is 0. The van der Waals surface area contributed by atoms with E-state index >= 15 is 0 Å². The topological polar surface area (TPSA) is 52.6 Å². The van der Waals surface area contributed by atoms with Crippen LogP contribution in [0.25, 0.3) is 0 Å². The lowest BCUT2D eigenvalue weighted by Crippen LogP contribution is -2.64. The summed E-state index contributed by atoms with van der Waals surface area (Å²) in [6.07, 6.45) is 0. The van der Waals surface area contributed by atoms with Gasteiger partial charge in [-0.2, -0.15) is 0 Å². The zero-order valence-corrected chi connectivity index (χ0v) is 7.62. The number of likely N-dealkylation sites (N-methyl/N-ethyl adjacent to an activating group) is 1. The fourth-order valence-electron chi connectivity index (χ4n) is 1.77. The quantitative estimate of drug-likeness (QED) is 0.525. The second-order valence-corrected chi connectivity index (χ2v) is 3.67. The van der Waals surface area contributed by atoms with Crippen LogP contribution in [0.4, 0.5) is 0 Å². The molecule has 0 saturated carbocycles. The molecule has 0 aromatic rings. The minimum absolute atomic E-state index is 0.0395. The van der Waals surface area contributed by atoms with Crippen molar-refractivity contribution < 1.29 is 9.59 Å². The van der Waals surface area contributed by atoms with Gasteiger partial charge in [-0.25, -0.2) is 0 Å². The second kappa shape index (κ2) is 2.99. The Labute approximate surface area is 76.7 Å². The van der Waals surface area contributed by atoms with Crippen LogP contribution in [0.15, 0.2) is 0 Å². The van der Waals surface area contributed by atoms with Crippen molar-refractivity contribution in [3.63, 3.8) is 0 Å². The highest BCUT2D eigenvalue weighted by atomic mass is 16.2. The van der Waals surface area contributed by atoms with Crippen LogP contribution in [0.1, 0.15) is 0 Å². The molecule has 72 valence electrons. The van der Waals surface area contributed by atoms with Crippen molar-refractivity contribution in [2.45, 2.75) is 6.04 Å². The fourth-order valence-corrected chi connectivity index (χ4v) is 1.77. The van der Waals surface area contributed by atoms with E-state index in [-0.39, 0.29) is 30.9 Å². The van der Waals surface area contributed by atoms with Crippen LogP contribution in [0.3, 0.4) is 0 Å². The number of nitrogens with zero attached hydrogens (tertiary/aromatic N) is 2. The summed E-state index contributed by atoms with van der Waals surface area (Å²) >= 11 is 0. The first kappa shape index (κ1) is 8.50. The summed E-state index contributed by atoms with van der Waals surface area (Å²) in [5, 5.41) is 2.53. The number of piperazine rings is 1. The number of nitrogens with one attached hydrogen (secondary N) is 1. The van der Waals surface area contributed by atoms with Gasteiger partial charge in [0.15, 0.2) is 0 Å². The molecular weight excluding hydrogens is 170 g/mol. The molecule has 2 aliphatic heterocycles.